The molecular weight excluding hydrogens is 376 g/mol. The third kappa shape index (κ3) is 8.29. The molecule has 4 heteroatoms. The molecule has 3 rings (SSSR count). The highest BCUT2D eigenvalue weighted by Crippen LogP contribution is 2.12. The summed E-state index contributed by atoms with van der Waals surface area (Å²) >= 11 is 0. The Morgan fingerprint density at radius 1 is 0.633 bits per heavy atom. The molecule has 0 fully saturated rings. The molecule has 0 aliphatic rings. The average Bonchev–Trinajstić information content (AvgIpc) is 2.80. The van der Waals surface area contributed by atoms with E-state index in [-0.39, 0.29) is 12.2 Å². The van der Waals surface area contributed by atoms with E-state index in [2.05, 4.69) is 0 Å². The first-order chi connectivity index (χ1) is 14.8. The Labute approximate surface area is 178 Å². The van der Waals surface area contributed by atoms with Gasteiger partial charge in [-0.15, -0.1) is 0 Å². The minimum atomic E-state index is -0.591. The zero-order valence-electron chi connectivity index (χ0n) is 17.1. The van der Waals surface area contributed by atoms with Gasteiger partial charge in [-0.25, -0.2) is 0 Å². The first-order valence-corrected chi connectivity index (χ1v) is 10.2. The van der Waals surface area contributed by atoms with Crippen LogP contribution in [0.3, 0.4) is 0 Å². The van der Waals surface area contributed by atoms with Crippen molar-refractivity contribution in [2.45, 2.75) is 39.0 Å². The van der Waals surface area contributed by atoms with E-state index >= 15 is 0 Å². The lowest BCUT2D eigenvalue weighted by Crippen LogP contribution is -2.22. The van der Waals surface area contributed by atoms with E-state index in [1.54, 1.807) is 0 Å². The molecule has 0 amide bonds. The molecule has 0 aromatic heterocycles. The van der Waals surface area contributed by atoms with E-state index in [0.717, 1.165) is 16.7 Å². The molecule has 0 radical (unpaired) electrons. The second-order valence-corrected chi connectivity index (χ2v) is 7.05. The lowest BCUT2D eigenvalue weighted by Gasteiger charge is -2.18. The Bertz CT molecular complexity index is 806. The molecule has 30 heavy (non-hydrogen) atoms. The number of Topliss-reactive ketones (excluding diaryl/α,β-unsaturated/α-hetero) is 1. The molecule has 3 aromatic carbocycles. The molecule has 0 spiro atoms. The average molecular weight is 405 g/mol. The lowest BCUT2D eigenvalue weighted by molar-refractivity contribution is -0.166. The largest absolute Gasteiger partial charge is 0.376 e. The van der Waals surface area contributed by atoms with Gasteiger partial charge < -0.3 is 14.2 Å². The molecule has 0 saturated carbocycles. The van der Waals surface area contributed by atoms with Crippen molar-refractivity contribution in [1.82, 2.24) is 0 Å². The fourth-order valence-corrected chi connectivity index (χ4v) is 2.93. The number of benzene rings is 3. The SMILES string of the molecule is O=C(CCOCc1ccccc1)CC(OCc1ccccc1)OCc1ccccc1. The van der Waals surface area contributed by atoms with Gasteiger partial charge >= 0.3 is 0 Å². The second-order valence-electron chi connectivity index (χ2n) is 7.05. The molecule has 0 bridgehead atoms. The summed E-state index contributed by atoms with van der Waals surface area (Å²) in [6.07, 6.45) is -0.0480. The number of ether oxygens (including phenoxy) is 3. The van der Waals surface area contributed by atoms with Crippen LogP contribution in [-0.2, 0) is 38.8 Å². The van der Waals surface area contributed by atoms with Gasteiger partial charge in [-0.1, -0.05) is 91.0 Å². The summed E-state index contributed by atoms with van der Waals surface area (Å²) in [6, 6.07) is 29.7. The fraction of sp³-hybridized carbons (Fsp3) is 0.269. The van der Waals surface area contributed by atoms with Gasteiger partial charge in [-0.2, -0.15) is 0 Å². The third-order valence-electron chi connectivity index (χ3n) is 4.59. The van der Waals surface area contributed by atoms with Crippen molar-refractivity contribution in [3.63, 3.8) is 0 Å². The van der Waals surface area contributed by atoms with Crippen LogP contribution in [0.5, 0.6) is 0 Å². The Morgan fingerprint density at radius 2 is 1.07 bits per heavy atom. The maximum Gasteiger partial charge on any atom is 0.165 e. The normalized spacial score (nSPS) is 11.0. The van der Waals surface area contributed by atoms with Crippen LogP contribution < -0.4 is 0 Å². The van der Waals surface area contributed by atoms with Gasteiger partial charge in [0, 0.05) is 6.42 Å². The summed E-state index contributed by atoms with van der Waals surface area (Å²) in [5.74, 6) is 0.0641. The van der Waals surface area contributed by atoms with E-state index in [1.165, 1.54) is 0 Å². The fourth-order valence-electron chi connectivity index (χ4n) is 2.93. The zero-order valence-corrected chi connectivity index (χ0v) is 17.1. The van der Waals surface area contributed by atoms with Crippen LogP contribution in [-0.4, -0.2) is 18.7 Å². The number of carbonyl (C=O) groups is 1. The maximum absolute atomic E-state index is 12.4. The Balaban J connectivity index is 1.45. The quantitative estimate of drug-likeness (QED) is 0.286. The van der Waals surface area contributed by atoms with Gasteiger partial charge in [0.05, 0.1) is 32.8 Å². The van der Waals surface area contributed by atoms with Gasteiger partial charge in [0.1, 0.15) is 5.78 Å². The van der Waals surface area contributed by atoms with Crippen molar-refractivity contribution < 1.29 is 19.0 Å². The van der Waals surface area contributed by atoms with Crippen LogP contribution in [0.2, 0.25) is 0 Å². The minimum absolute atomic E-state index is 0.0641. The zero-order chi connectivity index (χ0) is 20.9. The summed E-state index contributed by atoms with van der Waals surface area (Å²) in [5, 5.41) is 0. The van der Waals surface area contributed by atoms with Crippen LogP contribution in [0.15, 0.2) is 91.0 Å². The number of hydrogen-bond donors (Lipinski definition) is 0. The molecule has 0 aliphatic carbocycles. The summed E-state index contributed by atoms with van der Waals surface area (Å²) in [7, 11) is 0. The van der Waals surface area contributed by atoms with Gasteiger partial charge in [0.15, 0.2) is 6.29 Å². The summed E-state index contributed by atoms with van der Waals surface area (Å²) in [6.45, 7) is 1.69. The van der Waals surface area contributed by atoms with E-state index in [9.17, 15) is 4.79 Å². The van der Waals surface area contributed by atoms with Gasteiger partial charge in [-0.05, 0) is 16.7 Å². The van der Waals surface area contributed by atoms with Crippen molar-refractivity contribution in [1.29, 1.82) is 0 Å². The Kier molecular flexibility index (Phi) is 9.28. The highest BCUT2D eigenvalue weighted by Gasteiger charge is 2.16. The summed E-state index contributed by atoms with van der Waals surface area (Å²) in [5.41, 5.74) is 3.19. The Morgan fingerprint density at radius 3 is 1.53 bits per heavy atom. The predicted molar refractivity (Wildman–Crippen MR) is 117 cm³/mol. The molecule has 0 unspecified atom stereocenters. The van der Waals surface area contributed by atoms with Crippen molar-refractivity contribution in [3.8, 4) is 0 Å². The number of hydrogen-bond acceptors (Lipinski definition) is 4. The van der Waals surface area contributed by atoms with Crippen LogP contribution in [0.1, 0.15) is 29.5 Å². The molecule has 0 atom stereocenters. The molecule has 0 saturated heterocycles. The first-order valence-electron chi connectivity index (χ1n) is 10.2. The third-order valence-corrected chi connectivity index (χ3v) is 4.59. The minimum Gasteiger partial charge on any atom is -0.376 e. The summed E-state index contributed by atoms with van der Waals surface area (Å²) in [4.78, 5) is 12.4. The topological polar surface area (TPSA) is 44.8 Å². The molecule has 0 heterocycles. The van der Waals surface area contributed by atoms with E-state index in [1.807, 2.05) is 91.0 Å². The molecule has 156 valence electrons. The smallest absolute Gasteiger partial charge is 0.165 e. The first kappa shape index (κ1) is 21.9. The second kappa shape index (κ2) is 12.7. The highest BCUT2D eigenvalue weighted by molar-refractivity contribution is 5.78. The van der Waals surface area contributed by atoms with Crippen molar-refractivity contribution in [3.05, 3.63) is 108 Å². The van der Waals surface area contributed by atoms with Crippen LogP contribution in [0, 0.1) is 0 Å². The Hall–Kier alpha value is -2.79. The number of rotatable bonds is 13. The van der Waals surface area contributed by atoms with Crippen molar-refractivity contribution >= 4 is 5.78 Å². The standard InChI is InChI=1S/C26H28O4/c27-25(16-17-28-19-22-10-4-1-5-11-22)18-26(29-20-23-12-6-2-7-13-23)30-21-24-14-8-3-9-15-24/h1-15,26H,16-21H2. The molecule has 0 aliphatic heterocycles. The van der Waals surface area contributed by atoms with Gasteiger partial charge in [0.25, 0.3) is 0 Å². The highest BCUT2D eigenvalue weighted by atomic mass is 16.7. The number of carbonyl (C=O) groups excluding carboxylic acids is 1. The van der Waals surface area contributed by atoms with Crippen LogP contribution >= 0.6 is 0 Å². The van der Waals surface area contributed by atoms with Gasteiger partial charge in [-0.3, -0.25) is 4.79 Å². The monoisotopic (exact) mass is 404 g/mol. The van der Waals surface area contributed by atoms with Crippen LogP contribution in [0.25, 0.3) is 0 Å². The van der Waals surface area contributed by atoms with E-state index in [0.29, 0.717) is 32.8 Å². The predicted octanol–water partition coefficient (Wildman–Crippen LogP) is 5.31. The van der Waals surface area contributed by atoms with Crippen molar-refractivity contribution in [2.75, 3.05) is 6.61 Å². The van der Waals surface area contributed by atoms with Crippen LogP contribution in [0.4, 0.5) is 0 Å². The van der Waals surface area contributed by atoms with E-state index in [4.69, 9.17) is 14.2 Å². The molecule has 0 N–H and O–H groups in total. The lowest BCUT2D eigenvalue weighted by atomic mass is 10.2. The molecule has 3 aromatic rings. The molecular formula is C26H28O4. The van der Waals surface area contributed by atoms with Gasteiger partial charge in [0.2, 0.25) is 0 Å². The maximum atomic E-state index is 12.4. The molecule has 4 nitrogen and oxygen atoms in total. The van der Waals surface area contributed by atoms with E-state index < -0.39 is 6.29 Å². The number of ketones is 1. The van der Waals surface area contributed by atoms with Crippen molar-refractivity contribution in [2.24, 2.45) is 0 Å². The summed E-state index contributed by atoms with van der Waals surface area (Å²) < 4.78 is 17.5.